The number of carboxylic acid groups (broad SMARTS) is 2. The first-order valence-electron chi connectivity index (χ1n) is 6.29. The van der Waals surface area contributed by atoms with Crippen molar-refractivity contribution in [3.8, 4) is 0 Å². The second-order valence-corrected chi connectivity index (χ2v) is 7.21. The third-order valence-electron chi connectivity index (χ3n) is 2.78. The van der Waals surface area contributed by atoms with Crippen LogP contribution >= 0.6 is 19.3 Å². The average molecular weight is 349 g/mol. The summed E-state index contributed by atoms with van der Waals surface area (Å²) in [5, 5.41) is 17.9. The Balaban J connectivity index is 2.77. The molecule has 1 unspecified atom stereocenters. The van der Waals surface area contributed by atoms with Crippen molar-refractivity contribution in [3.05, 3.63) is 29.3 Å². The molecular weight excluding hydrogens is 333 g/mol. The molecule has 0 aliphatic heterocycles. The Morgan fingerprint density at radius 3 is 2.45 bits per heavy atom. The van der Waals surface area contributed by atoms with Gasteiger partial charge in [0, 0.05) is 6.42 Å². The van der Waals surface area contributed by atoms with Crippen LogP contribution in [-0.4, -0.2) is 44.1 Å². The number of aliphatic carboxylic acids is 2. The quantitative estimate of drug-likeness (QED) is 0.422. The van der Waals surface area contributed by atoms with E-state index in [4.69, 9.17) is 21.8 Å². The minimum Gasteiger partial charge on any atom is -0.481 e. The van der Waals surface area contributed by atoms with E-state index >= 15 is 0 Å². The Morgan fingerprint density at radius 1 is 1.27 bits per heavy atom. The van der Waals surface area contributed by atoms with Gasteiger partial charge in [-0.3, -0.25) is 9.59 Å². The monoisotopic (exact) mass is 348 g/mol. The maximum absolute atomic E-state index is 11.1. The van der Waals surface area contributed by atoms with Gasteiger partial charge >= 0.3 is 19.7 Å². The van der Waals surface area contributed by atoms with Crippen LogP contribution in [0.4, 0.5) is 5.69 Å². The fourth-order valence-electron chi connectivity index (χ4n) is 1.67. The van der Waals surface area contributed by atoms with E-state index < -0.39 is 31.7 Å². The van der Waals surface area contributed by atoms with Crippen molar-refractivity contribution in [1.29, 1.82) is 0 Å². The molecule has 0 aliphatic carbocycles. The van der Waals surface area contributed by atoms with E-state index in [0.29, 0.717) is 10.7 Å². The van der Waals surface area contributed by atoms with E-state index in [1.807, 2.05) is 0 Å². The summed E-state index contributed by atoms with van der Waals surface area (Å²) in [7, 11) is -3.72. The van der Waals surface area contributed by atoms with Crippen molar-refractivity contribution in [2.45, 2.75) is 12.8 Å². The smallest absolute Gasteiger partial charge is 0.312 e. The van der Waals surface area contributed by atoms with Crippen molar-refractivity contribution < 1.29 is 29.6 Å². The van der Waals surface area contributed by atoms with Gasteiger partial charge in [-0.1, -0.05) is 23.7 Å². The molecule has 4 N–H and O–H groups in total. The molecule has 0 spiro atoms. The van der Waals surface area contributed by atoms with Crippen LogP contribution in [0.5, 0.6) is 0 Å². The molecule has 0 fully saturated rings. The number of para-hydroxylation sites is 1. The van der Waals surface area contributed by atoms with Crippen molar-refractivity contribution in [2.75, 3.05) is 6.16 Å². The fourth-order valence-corrected chi connectivity index (χ4v) is 3.25. The average Bonchev–Trinajstić information content (AvgIpc) is 2.42. The number of nitrogens with zero attached hydrogens (tertiary/aromatic N) is 1. The van der Waals surface area contributed by atoms with Gasteiger partial charge in [0.2, 0.25) is 5.96 Å². The zero-order chi connectivity index (χ0) is 16.8. The van der Waals surface area contributed by atoms with E-state index in [1.54, 1.807) is 24.3 Å². The first kappa shape index (κ1) is 18.5. The molecule has 9 heteroatoms. The number of rotatable bonds is 8. The highest BCUT2D eigenvalue weighted by Gasteiger charge is 2.38. The Bertz CT molecular complexity index is 577. The molecule has 7 nitrogen and oxygen atoms in total. The lowest BCUT2D eigenvalue weighted by Crippen LogP contribution is -2.21. The van der Waals surface area contributed by atoms with E-state index in [0.717, 1.165) is 5.96 Å². The largest absolute Gasteiger partial charge is 0.481 e. The molecule has 0 bridgehead atoms. The summed E-state index contributed by atoms with van der Waals surface area (Å²) in [5.74, 6) is -2.70. The number of hydrogen-bond acceptors (Lipinski definition) is 5. The molecule has 0 amide bonds. The molecule has 0 saturated heterocycles. The maximum atomic E-state index is 11.1. The Hall–Kier alpha value is -1.53. The molecule has 0 heterocycles. The molecule has 0 aromatic heterocycles. The van der Waals surface area contributed by atoms with Gasteiger partial charge in [0.1, 0.15) is 6.16 Å². The van der Waals surface area contributed by atoms with Crippen LogP contribution in [0, 0.1) is 5.92 Å². The molecule has 0 radical (unpaired) electrons. The highest BCUT2D eigenvalue weighted by molar-refractivity contribution is 7.79. The molecule has 1 aromatic rings. The molecule has 120 valence electrons. The van der Waals surface area contributed by atoms with E-state index in [-0.39, 0.29) is 12.8 Å². The summed E-state index contributed by atoms with van der Waals surface area (Å²) >= 11 is 5.87. The van der Waals surface area contributed by atoms with E-state index in [2.05, 4.69) is 4.99 Å². The minimum atomic E-state index is -3.72. The standard InChI is InChI=1S/C13H15ClNO6P/c14-10-3-1-2-4-11(10)15-8-22(20,21)7-9(13(18)19)5-6-12(16)17/h1-4,8-9,20-21H,5-7H2,(H-,16,17,18,19)/p+1. The summed E-state index contributed by atoms with van der Waals surface area (Å²) in [6.07, 6.45) is -1.02. The SMILES string of the molecule is O=C(O)CCC(C[P+](O)(O)C=Nc1ccccc1Cl)C(=O)O. The first-order chi connectivity index (χ1) is 10.2. The second kappa shape index (κ2) is 8.19. The Kier molecular flexibility index (Phi) is 6.90. The lowest BCUT2D eigenvalue weighted by molar-refractivity contribution is -0.142. The number of aliphatic imine (C=N–C) groups is 1. The van der Waals surface area contributed by atoms with E-state index in [1.165, 1.54) is 0 Å². The Labute approximate surface area is 132 Å². The van der Waals surface area contributed by atoms with Gasteiger partial charge in [0.05, 0.1) is 16.6 Å². The molecule has 1 aromatic carbocycles. The van der Waals surface area contributed by atoms with Crippen molar-refractivity contribution in [3.63, 3.8) is 0 Å². The van der Waals surface area contributed by atoms with Crippen LogP contribution in [0.1, 0.15) is 12.8 Å². The van der Waals surface area contributed by atoms with Gasteiger partial charge in [-0.15, -0.1) is 0 Å². The summed E-state index contributed by atoms with van der Waals surface area (Å²) in [6, 6.07) is 6.50. The molecule has 0 aliphatic rings. The van der Waals surface area contributed by atoms with Crippen molar-refractivity contribution in [1.82, 2.24) is 0 Å². The maximum Gasteiger partial charge on any atom is 0.312 e. The lowest BCUT2D eigenvalue weighted by Gasteiger charge is -2.13. The van der Waals surface area contributed by atoms with Gasteiger partial charge in [0.15, 0.2) is 0 Å². The van der Waals surface area contributed by atoms with Gasteiger partial charge in [0.25, 0.3) is 0 Å². The number of carboxylic acids is 2. The van der Waals surface area contributed by atoms with Crippen molar-refractivity contribution >= 4 is 42.9 Å². The topological polar surface area (TPSA) is 127 Å². The molecule has 0 saturated carbocycles. The molecular formula is C13H16ClNO6P+. The van der Waals surface area contributed by atoms with Crippen LogP contribution in [0.3, 0.4) is 0 Å². The highest BCUT2D eigenvalue weighted by atomic mass is 35.5. The van der Waals surface area contributed by atoms with Crippen molar-refractivity contribution in [2.24, 2.45) is 10.9 Å². The molecule has 1 atom stereocenters. The van der Waals surface area contributed by atoms with Gasteiger partial charge in [-0.25, -0.2) is 14.8 Å². The van der Waals surface area contributed by atoms with Gasteiger partial charge in [-0.2, -0.15) is 0 Å². The predicted octanol–water partition coefficient (Wildman–Crippen LogP) is 2.40. The normalized spacial score (nSPS) is 13.2. The fraction of sp³-hybridized carbons (Fsp3) is 0.308. The lowest BCUT2D eigenvalue weighted by atomic mass is 10.1. The summed E-state index contributed by atoms with van der Waals surface area (Å²) < 4.78 is 0. The zero-order valence-corrected chi connectivity index (χ0v) is 13.1. The molecule has 22 heavy (non-hydrogen) atoms. The summed E-state index contributed by atoms with van der Waals surface area (Å²) in [4.78, 5) is 45.2. The third kappa shape index (κ3) is 6.49. The zero-order valence-electron chi connectivity index (χ0n) is 11.5. The first-order valence-corrected chi connectivity index (χ1v) is 8.61. The third-order valence-corrected chi connectivity index (χ3v) is 4.56. The summed E-state index contributed by atoms with van der Waals surface area (Å²) in [5.41, 5.74) is 0.328. The van der Waals surface area contributed by atoms with Crippen LogP contribution < -0.4 is 0 Å². The summed E-state index contributed by atoms with van der Waals surface area (Å²) in [6.45, 7) is 0. The predicted molar refractivity (Wildman–Crippen MR) is 83.8 cm³/mol. The van der Waals surface area contributed by atoms with Gasteiger partial charge in [-0.05, 0) is 18.6 Å². The number of carbonyl (C=O) groups is 2. The van der Waals surface area contributed by atoms with E-state index in [9.17, 15) is 19.4 Å². The van der Waals surface area contributed by atoms with Crippen LogP contribution in [0.15, 0.2) is 29.3 Å². The number of hydrogen-bond donors (Lipinski definition) is 4. The minimum absolute atomic E-state index is 0.187. The van der Waals surface area contributed by atoms with Crippen LogP contribution in [0.2, 0.25) is 5.02 Å². The number of benzene rings is 1. The Morgan fingerprint density at radius 2 is 1.91 bits per heavy atom. The highest BCUT2D eigenvalue weighted by Crippen LogP contribution is 2.50. The number of halogens is 1. The molecule has 1 rings (SSSR count). The van der Waals surface area contributed by atoms with Crippen LogP contribution in [-0.2, 0) is 9.59 Å². The van der Waals surface area contributed by atoms with Crippen LogP contribution in [0.25, 0.3) is 0 Å². The van der Waals surface area contributed by atoms with Gasteiger partial charge < -0.3 is 10.2 Å². The second-order valence-electron chi connectivity index (χ2n) is 4.63.